The molecule has 198 valence electrons. The van der Waals surface area contributed by atoms with Gasteiger partial charge < -0.3 is 9.30 Å². The van der Waals surface area contributed by atoms with E-state index in [1.54, 1.807) is 23.7 Å². The molecule has 9 nitrogen and oxygen atoms in total. The number of hydrogen-bond acceptors (Lipinski definition) is 7. The van der Waals surface area contributed by atoms with Gasteiger partial charge in [0.05, 0.1) is 22.7 Å². The minimum atomic E-state index is -4.68. The zero-order valence-corrected chi connectivity index (χ0v) is 21.7. The molecular weight excluding hydrogens is 509 g/mol. The number of para-hydroxylation sites is 1. The lowest BCUT2D eigenvalue weighted by Gasteiger charge is -2.38. The monoisotopic (exact) mass is 537 g/mol. The number of rotatable bonds is 7. The first-order valence-electron chi connectivity index (χ1n) is 12.7. The molecule has 0 saturated carbocycles. The number of nitrogens with zero attached hydrogens (tertiary/aromatic N) is 5. The highest BCUT2D eigenvalue weighted by Crippen LogP contribution is 2.41. The number of benzene rings is 2. The molecule has 2 saturated heterocycles. The van der Waals surface area contributed by atoms with Gasteiger partial charge in [0.15, 0.2) is 0 Å². The highest BCUT2D eigenvalue weighted by atomic mass is 32.3. The molecule has 2 bridgehead atoms. The molecule has 0 aliphatic carbocycles. The van der Waals surface area contributed by atoms with E-state index in [2.05, 4.69) is 15.2 Å². The molecule has 2 aliphatic rings. The Morgan fingerprint density at radius 2 is 1.74 bits per heavy atom. The van der Waals surface area contributed by atoms with Crippen LogP contribution >= 0.6 is 0 Å². The minimum absolute atomic E-state index is 0.132. The van der Waals surface area contributed by atoms with Gasteiger partial charge >= 0.3 is 10.2 Å². The maximum absolute atomic E-state index is 13.2. The first kappa shape index (κ1) is 24.7. The van der Waals surface area contributed by atoms with E-state index >= 15 is 0 Å². The Kier molecular flexibility index (Phi) is 6.27. The molecule has 0 N–H and O–H groups in total. The van der Waals surface area contributed by atoms with E-state index in [0.717, 1.165) is 42.1 Å². The molecule has 0 radical (unpaired) electrons. The third kappa shape index (κ3) is 4.71. The number of fused-ring (bicyclic) bond motifs is 3. The van der Waals surface area contributed by atoms with Crippen molar-refractivity contribution in [3.05, 3.63) is 82.4 Å². The van der Waals surface area contributed by atoms with Crippen LogP contribution in [-0.2, 0) is 30.4 Å². The summed E-state index contributed by atoms with van der Waals surface area (Å²) in [6.07, 6.45) is 6.00. The standard InChI is InChI=1S/C27H28FN5O4S/c1-31-25-5-3-2-4-24(25)26(14-27(31)34)37-17-19-16-33(30-29-19)22-12-20-8-9-21(13-22)32(20)15-18-6-10-23(11-7-18)38(28,35)36/h2-7,10-11,14,16,20-22H,8-9,12-13,15,17H2,1H3/t20-,21+,22+. The Morgan fingerprint density at radius 3 is 2.45 bits per heavy atom. The first-order valence-corrected chi connectivity index (χ1v) is 14.1. The van der Waals surface area contributed by atoms with Crippen LogP contribution in [0.2, 0.25) is 0 Å². The highest BCUT2D eigenvalue weighted by molar-refractivity contribution is 7.86. The van der Waals surface area contributed by atoms with Gasteiger partial charge in [0.1, 0.15) is 18.1 Å². The van der Waals surface area contributed by atoms with Crippen molar-refractivity contribution in [2.45, 2.75) is 61.9 Å². The highest BCUT2D eigenvalue weighted by Gasteiger charge is 2.41. The molecule has 2 aromatic carbocycles. The fourth-order valence-corrected chi connectivity index (χ4v) is 6.36. The number of aromatic nitrogens is 4. The molecular formula is C27H28FN5O4S. The van der Waals surface area contributed by atoms with Crippen LogP contribution in [0.25, 0.3) is 10.9 Å². The van der Waals surface area contributed by atoms with Crippen molar-refractivity contribution in [3.8, 4) is 5.75 Å². The van der Waals surface area contributed by atoms with E-state index in [1.807, 2.05) is 35.1 Å². The number of ether oxygens (including phenoxy) is 1. The van der Waals surface area contributed by atoms with Gasteiger partial charge in [-0.1, -0.05) is 29.5 Å². The fraction of sp³-hybridized carbons (Fsp3) is 0.370. The van der Waals surface area contributed by atoms with Crippen LogP contribution in [0, 0.1) is 0 Å². The summed E-state index contributed by atoms with van der Waals surface area (Å²) in [5.41, 5.74) is 2.35. The molecule has 0 amide bonds. The Balaban J connectivity index is 1.11. The van der Waals surface area contributed by atoms with Crippen LogP contribution in [-0.4, -0.2) is 45.0 Å². The summed E-state index contributed by atoms with van der Waals surface area (Å²) in [7, 11) is -2.94. The van der Waals surface area contributed by atoms with E-state index < -0.39 is 10.2 Å². The van der Waals surface area contributed by atoms with Crippen molar-refractivity contribution in [2.24, 2.45) is 7.05 Å². The zero-order valence-electron chi connectivity index (χ0n) is 20.9. The molecule has 4 heterocycles. The van der Waals surface area contributed by atoms with Crippen molar-refractivity contribution >= 4 is 21.1 Å². The predicted octanol–water partition coefficient (Wildman–Crippen LogP) is 3.74. The Labute approximate surface area is 219 Å². The number of pyridine rings is 1. The summed E-state index contributed by atoms with van der Waals surface area (Å²) in [4.78, 5) is 14.5. The summed E-state index contributed by atoms with van der Waals surface area (Å²) in [6.45, 7) is 0.920. The number of halogens is 1. The van der Waals surface area contributed by atoms with Crippen LogP contribution in [0.4, 0.5) is 3.89 Å². The van der Waals surface area contributed by atoms with Crippen molar-refractivity contribution in [2.75, 3.05) is 0 Å². The minimum Gasteiger partial charge on any atom is -0.486 e. The van der Waals surface area contributed by atoms with Crippen molar-refractivity contribution in [1.29, 1.82) is 0 Å². The lowest BCUT2D eigenvalue weighted by molar-refractivity contribution is 0.0944. The maximum atomic E-state index is 13.2. The lowest BCUT2D eigenvalue weighted by atomic mass is 9.96. The molecule has 0 spiro atoms. The second-order valence-electron chi connectivity index (χ2n) is 10.2. The normalized spacial score (nSPS) is 21.7. The molecule has 3 atom stereocenters. The third-order valence-corrected chi connectivity index (χ3v) is 8.69. The molecule has 11 heteroatoms. The van der Waals surface area contributed by atoms with Crippen molar-refractivity contribution in [1.82, 2.24) is 24.5 Å². The second kappa shape index (κ2) is 9.63. The zero-order chi connectivity index (χ0) is 26.4. The summed E-state index contributed by atoms with van der Waals surface area (Å²) in [5.74, 6) is 0.529. The topological polar surface area (TPSA) is 99.3 Å². The summed E-state index contributed by atoms with van der Waals surface area (Å²) in [6, 6.07) is 16.2. The summed E-state index contributed by atoms with van der Waals surface area (Å²) < 4.78 is 45.0. The average Bonchev–Trinajstić information content (AvgIpc) is 3.46. The number of hydrogen-bond donors (Lipinski definition) is 0. The van der Waals surface area contributed by atoms with Gasteiger partial charge in [0, 0.05) is 37.1 Å². The average molecular weight is 538 g/mol. The molecule has 38 heavy (non-hydrogen) atoms. The smallest absolute Gasteiger partial charge is 0.332 e. The predicted molar refractivity (Wildman–Crippen MR) is 139 cm³/mol. The Bertz CT molecular complexity index is 1640. The summed E-state index contributed by atoms with van der Waals surface area (Å²) >= 11 is 0. The third-order valence-electron chi connectivity index (χ3n) is 7.85. The molecule has 2 aromatic heterocycles. The second-order valence-corrected chi connectivity index (χ2v) is 11.5. The van der Waals surface area contributed by atoms with E-state index in [9.17, 15) is 17.1 Å². The van der Waals surface area contributed by atoms with Gasteiger partial charge in [0.2, 0.25) is 0 Å². The van der Waals surface area contributed by atoms with Gasteiger partial charge in [-0.2, -0.15) is 8.42 Å². The maximum Gasteiger partial charge on any atom is 0.332 e. The van der Waals surface area contributed by atoms with Crippen LogP contribution in [0.3, 0.4) is 0 Å². The van der Waals surface area contributed by atoms with Crippen molar-refractivity contribution < 1.29 is 17.0 Å². The quantitative estimate of drug-likeness (QED) is 0.331. The SMILES string of the molecule is Cn1c(=O)cc(OCc2cn([C@H]3C[C@H]4CC[C@@H](C3)N4Cc3ccc(S(=O)(=O)F)cc3)nn2)c2ccccc21. The molecule has 2 fully saturated rings. The Hall–Kier alpha value is -3.57. The number of aryl methyl sites for hydroxylation is 1. The van der Waals surface area contributed by atoms with Crippen LogP contribution in [0.15, 0.2) is 70.5 Å². The van der Waals surface area contributed by atoms with Crippen LogP contribution < -0.4 is 10.3 Å². The Morgan fingerprint density at radius 1 is 1.03 bits per heavy atom. The van der Waals surface area contributed by atoms with E-state index in [0.29, 0.717) is 30.1 Å². The van der Waals surface area contributed by atoms with E-state index in [1.165, 1.54) is 18.2 Å². The van der Waals surface area contributed by atoms with E-state index in [4.69, 9.17) is 4.74 Å². The summed E-state index contributed by atoms with van der Waals surface area (Å²) in [5, 5.41) is 9.59. The van der Waals surface area contributed by atoms with Gasteiger partial charge in [-0.3, -0.25) is 9.69 Å². The lowest BCUT2D eigenvalue weighted by Crippen LogP contribution is -2.42. The van der Waals surface area contributed by atoms with Gasteiger partial charge in [0.25, 0.3) is 5.56 Å². The van der Waals surface area contributed by atoms with Gasteiger partial charge in [-0.25, -0.2) is 4.68 Å². The molecule has 6 rings (SSSR count). The number of piperidine rings is 1. The first-order chi connectivity index (χ1) is 18.3. The van der Waals surface area contributed by atoms with Gasteiger partial charge in [-0.05, 0) is 55.5 Å². The van der Waals surface area contributed by atoms with Gasteiger partial charge in [-0.15, -0.1) is 8.98 Å². The molecule has 4 aromatic rings. The molecule has 0 unspecified atom stereocenters. The van der Waals surface area contributed by atoms with Crippen LogP contribution in [0.5, 0.6) is 5.75 Å². The van der Waals surface area contributed by atoms with Crippen LogP contribution in [0.1, 0.15) is 43.0 Å². The molecule has 2 aliphatic heterocycles. The van der Waals surface area contributed by atoms with Crippen molar-refractivity contribution in [3.63, 3.8) is 0 Å². The van der Waals surface area contributed by atoms with E-state index in [-0.39, 0.29) is 23.1 Å². The fourth-order valence-electron chi connectivity index (χ4n) is 5.90. The largest absolute Gasteiger partial charge is 0.486 e.